The zero-order valence-corrected chi connectivity index (χ0v) is 26.7. The Labute approximate surface area is 264 Å². The van der Waals surface area contributed by atoms with E-state index in [-0.39, 0.29) is 48.2 Å². The minimum Gasteiger partial charge on any atom is -0.404 e. The van der Waals surface area contributed by atoms with Crippen LogP contribution in [0.3, 0.4) is 0 Å². The van der Waals surface area contributed by atoms with Crippen LogP contribution in [0.25, 0.3) is 10.8 Å². The lowest BCUT2D eigenvalue weighted by Crippen LogP contribution is -2.65. The van der Waals surface area contributed by atoms with Gasteiger partial charge >= 0.3 is 7.12 Å². The number of hydrazine groups is 1. The third-order valence-electron chi connectivity index (χ3n) is 10.1. The maximum absolute atomic E-state index is 14.0. The quantitative estimate of drug-likeness (QED) is 0.0697. The molecule has 242 valence electrons. The summed E-state index contributed by atoms with van der Waals surface area (Å²) in [5, 5.41) is 17.7. The molecule has 12 nitrogen and oxygen atoms in total. The van der Waals surface area contributed by atoms with Gasteiger partial charge in [0.1, 0.15) is 6.04 Å². The first-order valence-electron chi connectivity index (χ1n) is 15.9. The summed E-state index contributed by atoms with van der Waals surface area (Å²) in [4.78, 5) is 42.2. The molecule has 3 saturated carbocycles. The largest absolute Gasteiger partial charge is 0.481 e. The van der Waals surface area contributed by atoms with Gasteiger partial charge < -0.3 is 25.7 Å². The minimum atomic E-state index is -0.906. The summed E-state index contributed by atoms with van der Waals surface area (Å²) in [6.45, 7) is 11.1. The highest BCUT2D eigenvalue weighted by Crippen LogP contribution is 2.65. The number of nitrogens with one attached hydrogen (secondary N) is 3. The molecule has 1 aliphatic heterocycles. The van der Waals surface area contributed by atoms with Crippen molar-refractivity contribution in [3.8, 4) is 0 Å². The van der Waals surface area contributed by atoms with E-state index in [0.29, 0.717) is 30.2 Å². The normalized spacial score (nSPS) is 26.5. The topological polar surface area (TPSA) is 170 Å². The summed E-state index contributed by atoms with van der Waals surface area (Å²) in [7, 11) is -0.603. The van der Waals surface area contributed by atoms with Crippen LogP contribution in [-0.4, -0.2) is 60.2 Å². The number of nitro groups is 1. The van der Waals surface area contributed by atoms with Gasteiger partial charge in [-0.1, -0.05) is 69.5 Å². The highest BCUT2D eigenvalue weighted by Gasteiger charge is 2.68. The fraction of sp³-hybridized carbons (Fsp3) is 0.594. The van der Waals surface area contributed by atoms with E-state index in [1.807, 2.05) is 41.8 Å². The van der Waals surface area contributed by atoms with Crippen molar-refractivity contribution >= 4 is 35.7 Å². The molecule has 2 bridgehead atoms. The SMILES string of the molecule is CC(C)C[C@H](NC(=O)[C@H](CCCN=C(N)N[N+](=O)[O-])NC(=O)c1cccc2ccccc12)B1O[C@@H]2C[C@H]3C[C@H](C3(C)C)[C@]2(C)O1. The van der Waals surface area contributed by atoms with Crippen molar-refractivity contribution in [2.75, 3.05) is 6.54 Å². The van der Waals surface area contributed by atoms with Crippen molar-refractivity contribution in [1.82, 2.24) is 16.1 Å². The van der Waals surface area contributed by atoms with E-state index >= 15 is 0 Å². The number of guanidine groups is 1. The van der Waals surface area contributed by atoms with E-state index in [2.05, 4.69) is 50.2 Å². The van der Waals surface area contributed by atoms with Crippen molar-refractivity contribution < 1.29 is 23.9 Å². The van der Waals surface area contributed by atoms with Gasteiger partial charge in [-0.3, -0.25) is 9.59 Å². The Morgan fingerprint density at radius 3 is 2.58 bits per heavy atom. The fourth-order valence-electron chi connectivity index (χ4n) is 7.65. The molecule has 6 atom stereocenters. The number of nitrogens with zero attached hydrogens (tertiary/aromatic N) is 2. The zero-order chi connectivity index (χ0) is 32.5. The van der Waals surface area contributed by atoms with Crippen LogP contribution in [-0.2, 0) is 14.1 Å². The first kappa shape index (κ1) is 32.7. The van der Waals surface area contributed by atoms with Crippen LogP contribution in [0.2, 0.25) is 0 Å². The Hall–Kier alpha value is -3.71. The van der Waals surface area contributed by atoms with E-state index in [1.165, 1.54) is 0 Å². The Kier molecular flexibility index (Phi) is 9.41. The van der Waals surface area contributed by atoms with Gasteiger partial charge in [0.25, 0.3) is 11.9 Å². The van der Waals surface area contributed by atoms with Crippen LogP contribution in [0.15, 0.2) is 47.5 Å². The van der Waals surface area contributed by atoms with Crippen molar-refractivity contribution in [1.29, 1.82) is 0 Å². The number of aliphatic imine (C=N–C) groups is 1. The van der Waals surface area contributed by atoms with Crippen molar-refractivity contribution in [3.63, 3.8) is 0 Å². The maximum Gasteiger partial charge on any atom is 0.481 e. The number of carbonyl (C=O) groups is 2. The number of nitrogens with two attached hydrogens (primary N) is 1. The molecule has 0 radical (unpaired) electrons. The molecule has 13 heteroatoms. The first-order chi connectivity index (χ1) is 21.3. The Balaban J connectivity index is 1.33. The Morgan fingerprint density at radius 1 is 1.13 bits per heavy atom. The van der Waals surface area contributed by atoms with E-state index in [1.54, 1.807) is 6.07 Å². The molecule has 0 unspecified atom stereocenters. The van der Waals surface area contributed by atoms with E-state index in [4.69, 9.17) is 15.0 Å². The summed E-state index contributed by atoms with van der Waals surface area (Å²) in [5.41, 5.74) is 7.60. The predicted octanol–water partition coefficient (Wildman–Crippen LogP) is 3.61. The molecule has 0 aromatic heterocycles. The smallest absolute Gasteiger partial charge is 0.404 e. The van der Waals surface area contributed by atoms with Crippen LogP contribution in [0, 0.1) is 33.3 Å². The molecular formula is C32H45BN6O6. The van der Waals surface area contributed by atoms with Gasteiger partial charge in [0, 0.05) is 12.1 Å². The molecule has 2 amide bonds. The van der Waals surface area contributed by atoms with Crippen LogP contribution in [0.1, 0.15) is 77.1 Å². The summed E-state index contributed by atoms with van der Waals surface area (Å²) in [5.74, 6) is -0.241. The second-order valence-electron chi connectivity index (χ2n) is 13.9. The third kappa shape index (κ3) is 6.79. The molecule has 2 aromatic rings. The number of fused-ring (bicyclic) bond motifs is 1. The monoisotopic (exact) mass is 620 g/mol. The second-order valence-corrected chi connectivity index (χ2v) is 13.9. The van der Waals surface area contributed by atoms with Crippen molar-refractivity contribution in [2.24, 2.45) is 33.9 Å². The van der Waals surface area contributed by atoms with Gasteiger partial charge in [0.2, 0.25) is 5.91 Å². The van der Waals surface area contributed by atoms with Gasteiger partial charge in [-0.25, -0.2) is 15.1 Å². The van der Waals surface area contributed by atoms with E-state index in [0.717, 1.165) is 23.6 Å². The maximum atomic E-state index is 14.0. The molecule has 1 saturated heterocycles. The molecule has 2 aromatic carbocycles. The van der Waals surface area contributed by atoms with Gasteiger partial charge in [0.15, 0.2) is 5.03 Å². The Morgan fingerprint density at radius 2 is 1.87 bits per heavy atom. The summed E-state index contributed by atoms with van der Waals surface area (Å²) < 4.78 is 13.3. The molecule has 45 heavy (non-hydrogen) atoms. The van der Waals surface area contributed by atoms with E-state index < -0.39 is 29.7 Å². The second kappa shape index (κ2) is 13.0. The molecule has 6 rings (SSSR count). The Bertz CT molecular complexity index is 1460. The van der Waals surface area contributed by atoms with Gasteiger partial charge in [0.05, 0.1) is 17.6 Å². The first-order valence-corrected chi connectivity index (χ1v) is 15.9. The molecular weight excluding hydrogens is 575 g/mol. The highest BCUT2D eigenvalue weighted by atomic mass is 16.7. The number of hydrogen-bond donors (Lipinski definition) is 4. The van der Waals surface area contributed by atoms with Crippen LogP contribution in [0.4, 0.5) is 0 Å². The molecule has 4 aliphatic rings. The number of amides is 2. The molecule has 1 heterocycles. The summed E-state index contributed by atoms with van der Waals surface area (Å²) in [6, 6.07) is 12.1. The van der Waals surface area contributed by atoms with Crippen molar-refractivity contribution in [3.05, 3.63) is 58.1 Å². The molecule has 5 N–H and O–H groups in total. The number of hydrogen-bond acceptors (Lipinski definition) is 7. The van der Waals surface area contributed by atoms with Gasteiger partial charge in [-0.05, 0) is 79.0 Å². The standard InChI is InChI=1S/C32H45BN6O6/c1-19(2)16-27(33-44-26-18-21-17-25(31(21,3)4)32(26,5)45-33)37-29(41)24(14-9-15-35-30(34)38-39(42)43)36-28(40)23-13-8-11-20-10-6-7-12-22(20)23/h6-8,10-13,19,21,24-27H,9,14-18H2,1-5H3,(H,36,40)(H,37,41)(H3,34,35,38)/t21-,24+,25-,26-,27+,32+/m1/s1. The van der Waals surface area contributed by atoms with E-state index in [9.17, 15) is 19.7 Å². The van der Waals surface area contributed by atoms with Crippen molar-refractivity contribution in [2.45, 2.75) is 90.4 Å². The molecule has 3 aliphatic carbocycles. The number of benzene rings is 2. The number of rotatable bonds is 12. The average Bonchev–Trinajstić information content (AvgIpc) is 3.34. The lowest BCUT2D eigenvalue weighted by molar-refractivity contribution is -0.525. The van der Waals surface area contributed by atoms with Crippen LogP contribution in [0.5, 0.6) is 0 Å². The fourth-order valence-corrected chi connectivity index (χ4v) is 7.65. The minimum absolute atomic E-state index is 0.0243. The lowest BCUT2D eigenvalue weighted by atomic mass is 9.43. The van der Waals surface area contributed by atoms with Gasteiger partial charge in [-0.15, -0.1) is 0 Å². The van der Waals surface area contributed by atoms with Crippen LogP contribution >= 0.6 is 0 Å². The zero-order valence-electron chi connectivity index (χ0n) is 26.7. The molecule has 0 spiro atoms. The summed E-state index contributed by atoms with van der Waals surface area (Å²) >= 11 is 0. The third-order valence-corrected chi connectivity index (χ3v) is 10.1. The average molecular weight is 621 g/mol. The summed E-state index contributed by atoms with van der Waals surface area (Å²) in [6.07, 6.45) is 3.26. The molecule has 4 fully saturated rings. The predicted molar refractivity (Wildman–Crippen MR) is 173 cm³/mol. The van der Waals surface area contributed by atoms with Crippen LogP contribution < -0.4 is 21.8 Å². The number of carbonyl (C=O) groups excluding carboxylic acids is 2. The lowest BCUT2D eigenvalue weighted by Gasteiger charge is -2.64. The van der Waals surface area contributed by atoms with Gasteiger partial charge in [-0.2, -0.15) is 0 Å². The highest BCUT2D eigenvalue weighted by molar-refractivity contribution is 6.48.